The summed E-state index contributed by atoms with van der Waals surface area (Å²) in [6, 6.07) is 8.47. The topological polar surface area (TPSA) is 24.9 Å². The molecule has 0 bridgehead atoms. The van der Waals surface area contributed by atoms with Gasteiger partial charge in [0.05, 0.1) is 5.69 Å². The fourth-order valence-electron chi connectivity index (χ4n) is 2.36. The third-order valence-electron chi connectivity index (χ3n) is 3.74. The zero-order chi connectivity index (χ0) is 14.9. The third kappa shape index (κ3) is 5.10. The van der Waals surface area contributed by atoms with Gasteiger partial charge in [0, 0.05) is 23.2 Å². The van der Waals surface area contributed by atoms with Gasteiger partial charge in [-0.1, -0.05) is 31.6 Å². The molecule has 0 amide bonds. The molecular formula is C18H24N2S. The first-order valence-electron chi connectivity index (χ1n) is 7.64. The van der Waals surface area contributed by atoms with E-state index in [9.17, 15) is 0 Å². The SMILES string of the molecule is C=CCC(CC)CCNCc1ccc(-c2cccs2)cn1. The number of aromatic nitrogens is 1. The number of hydrogen-bond acceptors (Lipinski definition) is 3. The minimum atomic E-state index is 0.754. The van der Waals surface area contributed by atoms with Gasteiger partial charge in [-0.05, 0) is 42.8 Å². The molecule has 1 atom stereocenters. The molecule has 0 aliphatic heterocycles. The van der Waals surface area contributed by atoms with E-state index in [1.54, 1.807) is 11.3 Å². The van der Waals surface area contributed by atoms with Crippen LogP contribution in [0.1, 0.15) is 31.9 Å². The minimum Gasteiger partial charge on any atom is -0.311 e. The number of hydrogen-bond donors (Lipinski definition) is 1. The summed E-state index contributed by atoms with van der Waals surface area (Å²) in [6.07, 6.45) is 7.54. The summed E-state index contributed by atoms with van der Waals surface area (Å²) in [4.78, 5) is 5.81. The van der Waals surface area contributed by atoms with Gasteiger partial charge < -0.3 is 5.32 Å². The molecule has 0 aliphatic carbocycles. The molecular weight excluding hydrogens is 276 g/mol. The molecule has 0 radical (unpaired) electrons. The minimum absolute atomic E-state index is 0.754. The summed E-state index contributed by atoms with van der Waals surface area (Å²) in [7, 11) is 0. The molecule has 2 rings (SSSR count). The number of allylic oxidation sites excluding steroid dienone is 1. The predicted molar refractivity (Wildman–Crippen MR) is 92.5 cm³/mol. The summed E-state index contributed by atoms with van der Waals surface area (Å²) < 4.78 is 0. The smallest absolute Gasteiger partial charge is 0.0542 e. The van der Waals surface area contributed by atoms with Crippen molar-refractivity contribution in [2.24, 2.45) is 5.92 Å². The lowest BCUT2D eigenvalue weighted by atomic mass is 9.99. The number of rotatable bonds is 9. The van der Waals surface area contributed by atoms with Crippen LogP contribution in [0.5, 0.6) is 0 Å². The van der Waals surface area contributed by atoms with Crippen LogP contribution in [-0.2, 0) is 6.54 Å². The van der Waals surface area contributed by atoms with Crippen LogP contribution >= 0.6 is 11.3 Å². The fourth-order valence-corrected chi connectivity index (χ4v) is 3.08. The van der Waals surface area contributed by atoms with E-state index in [2.05, 4.69) is 53.4 Å². The van der Waals surface area contributed by atoms with Crippen LogP contribution in [0.4, 0.5) is 0 Å². The zero-order valence-electron chi connectivity index (χ0n) is 12.7. The van der Waals surface area contributed by atoms with E-state index < -0.39 is 0 Å². The molecule has 112 valence electrons. The van der Waals surface area contributed by atoms with Crippen LogP contribution in [0.15, 0.2) is 48.5 Å². The van der Waals surface area contributed by atoms with Crippen molar-refractivity contribution in [1.29, 1.82) is 0 Å². The van der Waals surface area contributed by atoms with Gasteiger partial charge in [0.25, 0.3) is 0 Å². The van der Waals surface area contributed by atoms with Crippen LogP contribution in [0, 0.1) is 5.92 Å². The molecule has 2 nitrogen and oxygen atoms in total. The molecule has 0 fully saturated rings. The highest BCUT2D eigenvalue weighted by molar-refractivity contribution is 7.13. The molecule has 3 heteroatoms. The maximum absolute atomic E-state index is 4.54. The van der Waals surface area contributed by atoms with E-state index >= 15 is 0 Å². The Kier molecular flexibility index (Phi) is 6.64. The molecule has 2 heterocycles. The Balaban J connectivity index is 1.75. The largest absolute Gasteiger partial charge is 0.311 e. The first-order chi connectivity index (χ1) is 10.3. The molecule has 0 aliphatic rings. The fraction of sp³-hybridized carbons (Fsp3) is 0.389. The van der Waals surface area contributed by atoms with Gasteiger partial charge in [0.1, 0.15) is 0 Å². The van der Waals surface area contributed by atoms with Crippen molar-refractivity contribution in [2.75, 3.05) is 6.54 Å². The Bertz CT molecular complexity index is 517. The summed E-state index contributed by atoms with van der Waals surface area (Å²) in [5.74, 6) is 0.754. The highest BCUT2D eigenvalue weighted by atomic mass is 32.1. The molecule has 2 aromatic heterocycles. The van der Waals surface area contributed by atoms with Crippen molar-refractivity contribution in [2.45, 2.75) is 32.7 Å². The van der Waals surface area contributed by atoms with Gasteiger partial charge >= 0.3 is 0 Å². The maximum atomic E-state index is 4.54. The Morgan fingerprint density at radius 2 is 2.29 bits per heavy atom. The predicted octanol–water partition coefficient (Wildman–Crippen LogP) is 4.89. The first-order valence-corrected chi connectivity index (χ1v) is 8.51. The van der Waals surface area contributed by atoms with Crippen LogP contribution < -0.4 is 5.32 Å². The lowest BCUT2D eigenvalue weighted by molar-refractivity contribution is 0.455. The van der Waals surface area contributed by atoms with E-state index in [0.29, 0.717) is 0 Å². The monoisotopic (exact) mass is 300 g/mol. The molecule has 21 heavy (non-hydrogen) atoms. The second kappa shape index (κ2) is 8.75. The molecule has 1 unspecified atom stereocenters. The van der Waals surface area contributed by atoms with Gasteiger partial charge in [0.15, 0.2) is 0 Å². The van der Waals surface area contributed by atoms with Crippen LogP contribution in [-0.4, -0.2) is 11.5 Å². The van der Waals surface area contributed by atoms with Gasteiger partial charge in [-0.3, -0.25) is 4.98 Å². The second-order valence-corrected chi connectivity index (χ2v) is 6.23. The highest BCUT2D eigenvalue weighted by Gasteiger charge is 2.04. The maximum Gasteiger partial charge on any atom is 0.0542 e. The first kappa shape index (κ1) is 15.9. The summed E-state index contributed by atoms with van der Waals surface area (Å²) in [6.45, 7) is 7.96. The molecule has 1 N–H and O–H groups in total. The number of nitrogens with one attached hydrogen (secondary N) is 1. The van der Waals surface area contributed by atoms with Gasteiger partial charge in [-0.15, -0.1) is 17.9 Å². The zero-order valence-corrected chi connectivity index (χ0v) is 13.5. The number of pyridine rings is 1. The molecule has 0 saturated heterocycles. The Hall–Kier alpha value is -1.45. The summed E-state index contributed by atoms with van der Waals surface area (Å²) in [5, 5.41) is 5.58. The highest BCUT2D eigenvalue weighted by Crippen LogP contribution is 2.23. The van der Waals surface area contributed by atoms with Crippen LogP contribution in [0.25, 0.3) is 10.4 Å². The lowest BCUT2D eigenvalue weighted by Gasteiger charge is -2.12. The van der Waals surface area contributed by atoms with Crippen molar-refractivity contribution < 1.29 is 0 Å². The normalized spacial score (nSPS) is 12.2. The van der Waals surface area contributed by atoms with E-state index in [-0.39, 0.29) is 0 Å². The molecule has 0 spiro atoms. The van der Waals surface area contributed by atoms with E-state index in [1.807, 2.05) is 12.3 Å². The van der Waals surface area contributed by atoms with Crippen molar-refractivity contribution in [3.05, 3.63) is 54.2 Å². The average molecular weight is 300 g/mol. The van der Waals surface area contributed by atoms with Crippen molar-refractivity contribution in [3.8, 4) is 10.4 Å². The Morgan fingerprint density at radius 3 is 2.90 bits per heavy atom. The van der Waals surface area contributed by atoms with Crippen molar-refractivity contribution in [1.82, 2.24) is 10.3 Å². The van der Waals surface area contributed by atoms with Gasteiger partial charge in [-0.2, -0.15) is 0 Å². The third-order valence-corrected chi connectivity index (χ3v) is 4.66. The quantitative estimate of drug-likeness (QED) is 0.526. The summed E-state index contributed by atoms with van der Waals surface area (Å²) in [5.41, 5.74) is 2.30. The molecule has 0 saturated carbocycles. The Labute approximate surface area is 131 Å². The number of thiophene rings is 1. The second-order valence-electron chi connectivity index (χ2n) is 5.28. The van der Waals surface area contributed by atoms with E-state index in [0.717, 1.165) is 31.1 Å². The van der Waals surface area contributed by atoms with Gasteiger partial charge in [-0.25, -0.2) is 0 Å². The number of nitrogens with zero attached hydrogens (tertiary/aromatic N) is 1. The van der Waals surface area contributed by atoms with E-state index in [4.69, 9.17) is 0 Å². The van der Waals surface area contributed by atoms with Crippen LogP contribution in [0.2, 0.25) is 0 Å². The van der Waals surface area contributed by atoms with Crippen molar-refractivity contribution in [3.63, 3.8) is 0 Å². The molecule has 0 aromatic carbocycles. The average Bonchev–Trinajstić information content (AvgIpc) is 3.05. The standard InChI is InChI=1S/C18H24N2S/c1-3-6-15(4-2)10-11-19-14-17-9-8-16(13-20-17)18-7-5-12-21-18/h3,5,7-9,12-13,15,19H,1,4,6,10-11,14H2,2H3. The van der Waals surface area contributed by atoms with Gasteiger partial charge in [0.2, 0.25) is 0 Å². The van der Waals surface area contributed by atoms with Crippen LogP contribution in [0.3, 0.4) is 0 Å². The van der Waals surface area contributed by atoms with E-state index in [1.165, 1.54) is 23.3 Å². The lowest BCUT2D eigenvalue weighted by Crippen LogP contribution is -2.18. The Morgan fingerprint density at radius 1 is 1.38 bits per heavy atom. The van der Waals surface area contributed by atoms with Crippen molar-refractivity contribution >= 4 is 11.3 Å². The molecule has 2 aromatic rings. The summed E-state index contributed by atoms with van der Waals surface area (Å²) >= 11 is 1.75.